The Hall–Kier alpha value is -1.19. The van der Waals surface area contributed by atoms with Gasteiger partial charge in [0.15, 0.2) is 0 Å². The van der Waals surface area contributed by atoms with Gasteiger partial charge in [-0.25, -0.2) is 0 Å². The van der Waals surface area contributed by atoms with Gasteiger partial charge in [-0.05, 0) is 12.6 Å². The van der Waals surface area contributed by atoms with Gasteiger partial charge in [0, 0.05) is 44.6 Å². The van der Waals surface area contributed by atoms with Crippen molar-refractivity contribution >= 4 is 5.78 Å². The van der Waals surface area contributed by atoms with Crippen LogP contribution in [0.3, 0.4) is 0 Å². The molecule has 0 radical (unpaired) electrons. The van der Waals surface area contributed by atoms with Gasteiger partial charge in [0.2, 0.25) is 0 Å². The smallest absolute Gasteiger partial charge is 0.144 e. The number of Topliss-reactive ketones (excluding diaryl/α,β-unsaturated/α-hetero) is 1. The number of hydrogen-bond donors (Lipinski definition) is 0. The summed E-state index contributed by atoms with van der Waals surface area (Å²) in [4.78, 5) is 16.8. The Bertz CT molecular complexity index is 413. The molecule has 0 amide bonds. The van der Waals surface area contributed by atoms with Crippen LogP contribution in [-0.2, 0) is 11.3 Å². The molecule has 96 valence electrons. The van der Waals surface area contributed by atoms with Crippen LogP contribution in [0.15, 0.2) is 30.3 Å². The van der Waals surface area contributed by atoms with Gasteiger partial charge >= 0.3 is 0 Å². The highest BCUT2D eigenvalue weighted by atomic mass is 16.1. The zero-order valence-electron chi connectivity index (χ0n) is 10.9. The van der Waals surface area contributed by atoms with E-state index in [1.165, 1.54) is 5.56 Å². The Morgan fingerprint density at radius 2 is 1.67 bits per heavy atom. The van der Waals surface area contributed by atoms with Gasteiger partial charge in [-0.15, -0.1) is 0 Å². The van der Waals surface area contributed by atoms with Crippen molar-refractivity contribution in [3.63, 3.8) is 0 Å². The van der Waals surface area contributed by atoms with Crippen molar-refractivity contribution in [3.8, 4) is 0 Å². The molecule has 0 saturated carbocycles. The molecule has 2 bridgehead atoms. The molecule has 1 aromatic rings. The first-order valence-corrected chi connectivity index (χ1v) is 6.71. The molecular formula is C15H20N2O. The van der Waals surface area contributed by atoms with Gasteiger partial charge in [-0.3, -0.25) is 9.69 Å². The van der Waals surface area contributed by atoms with E-state index in [0.717, 1.165) is 32.7 Å². The fourth-order valence-electron chi connectivity index (χ4n) is 3.30. The standard InChI is InChI=1S/C15H20N2O/c1-16-8-13-10-17(11-14(9-16)15(13)18)7-12-5-3-2-4-6-12/h2-6,13-14H,7-11H2,1H3/t13-,14+. The zero-order chi connectivity index (χ0) is 12.5. The number of ketones is 1. The molecule has 1 aromatic carbocycles. The summed E-state index contributed by atoms with van der Waals surface area (Å²) >= 11 is 0. The summed E-state index contributed by atoms with van der Waals surface area (Å²) in [6.45, 7) is 4.69. The summed E-state index contributed by atoms with van der Waals surface area (Å²) in [6.07, 6.45) is 0. The number of rotatable bonds is 2. The molecule has 3 nitrogen and oxygen atoms in total. The molecule has 3 rings (SSSR count). The highest BCUT2D eigenvalue weighted by Gasteiger charge is 2.39. The molecule has 18 heavy (non-hydrogen) atoms. The molecule has 2 saturated heterocycles. The van der Waals surface area contributed by atoms with E-state index in [0.29, 0.717) is 5.78 Å². The minimum atomic E-state index is 0.228. The first kappa shape index (κ1) is 11.9. The largest absolute Gasteiger partial charge is 0.305 e. The Labute approximate surface area is 108 Å². The van der Waals surface area contributed by atoms with Crippen LogP contribution in [0.4, 0.5) is 0 Å². The molecule has 2 fully saturated rings. The first-order valence-electron chi connectivity index (χ1n) is 6.71. The summed E-state index contributed by atoms with van der Waals surface area (Å²) < 4.78 is 0. The summed E-state index contributed by atoms with van der Waals surface area (Å²) in [5.74, 6) is 0.954. The van der Waals surface area contributed by atoms with Gasteiger partial charge in [-0.2, -0.15) is 0 Å². The molecule has 2 atom stereocenters. The lowest BCUT2D eigenvalue weighted by molar-refractivity contribution is -0.137. The van der Waals surface area contributed by atoms with E-state index in [9.17, 15) is 4.79 Å². The highest BCUT2D eigenvalue weighted by molar-refractivity contribution is 5.85. The quantitative estimate of drug-likeness (QED) is 0.782. The lowest BCUT2D eigenvalue weighted by Gasteiger charge is -2.43. The predicted octanol–water partition coefficient (Wildman–Crippen LogP) is 1.25. The number of nitrogens with zero attached hydrogens (tertiary/aromatic N) is 2. The summed E-state index contributed by atoms with van der Waals surface area (Å²) in [5, 5.41) is 0. The zero-order valence-corrected chi connectivity index (χ0v) is 10.9. The molecule has 0 unspecified atom stereocenters. The second kappa shape index (κ2) is 4.82. The third-order valence-electron chi connectivity index (χ3n) is 4.08. The van der Waals surface area contributed by atoms with E-state index in [4.69, 9.17) is 0 Å². The van der Waals surface area contributed by atoms with Crippen LogP contribution < -0.4 is 0 Å². The van der Waals surface area contributed by atoms with Crippen LogP contribution in [0, 0.1) is 11.8 Å². The number of carbonyl (C=O) groups is 1. The minimum Gasteiger partial charge on any atom is -0.305 e. The van der Waals surface area contributed by atoms with Crippen LogP contribution >= 0.6 is 0 Å². The number of hydrogen-bond acceptors (Lipinski definition) is 3. The topological polar surface area (TPSA) is 23.6 Å². The van der Waals surface area contributed by atoms with E-state index >= 15 is 0 Å². The fraction of sp³-hybridized carbons (Fsp3) is 0.533. The molecule has 2 heterocycles. The maximum atomic E-state index is 12.1. The van der Waals surface area contributed by atoms with E-state index < -0.39 is 0 Å². The number of fused-ring (bicyclic) bond motifs is 2. The molecule has 0 N–H and O–H groups in total. The summed E-state index contributed by atoms with van der Waals surface area (Å²) in [5.41, 5.74) is 1.35. The van der Waals surface area contributed by atoms with E-state index in [2.05, 4.69) is 41.1 Å². The third kappa shape index (κ3) is 2.33. The van der Waals surface area contributed by atoms with Gasteiger partial charge in [0.1, 0.15) is 5.78 Å². The number of benzene rings is 1. The van der Waals surface area contributed by atoms with E-state index in [-0.39, 0.29) is 11.8 Å². The normalized spacial score (nSPS) is 29.5. The van der Waals surface area contributed by atoms with Crippen molar-refractivity contribution in [3.05, 3.63) is 35.9 Å². The van der Waals surface area contributed by atoms with Crippen LogP contribution in [-0.4, -0.2) is 48.8 Å². The Morgan fingerprint density at radius 3 is 2.28 bits per heavy atom. The third-order valence-corrected chi connectivity index (χ3v) is 4.08. The molecule has 2 aliphatic rings. The monoisotopic (exact) mass is 244 g/mol. The average Bonchev–Trinajstić information content (AvgIpc) is 2.33. The molecular weight excluding hydrogens is 224 g/mol. The molecule has 3 heteroatoms. The van der Waals surface area contributed by atoms with Gasteiger partial charge in [0.05, 0.1) is 0 Å². The number of carbonyl (C=O) groups excluding carboxylic acids is 1. The van der Waals surface area contributed by atoms with Crippen LogP contribution in [0.1, 0.15) is 5.56 Å². The SMILES string of the molecule is CN1C[C@@H]2CN(Cc3ccccc3)C[C@H](C1)C2=O. The first-order chi connectivity index (χ1) is 8.72. The number of likely N-dealkylation sites (tertiary alicyclic amines) is 2. The van der Waals surface area contributed by atoms with E-state index in [1.54, 1.807) is 0 Å². The second-order valence-electron chi connectivity index (χ2n) is 5.70. The highest BCUT2D eigenvalue weighted by Crippen LogP contribution is 2.25. The fourth-order valence-corrected chi connectivity index (χ4v) is 3.30. The lowest BCUT2D eigenvalue weighted by Crippen LogP contribution is -2.56. The van der Waals surface area contributed by atoms with Crippen molar-refractivity contribution in [1.29, 1.82) is 0 Å². The van der Waals surface area contributed by atoms with Crippen molar-refractivity contribution < 1.29 is 4.79 Å². The van der Waals surface area contributed by atoms with E-state index in [1.807, 2.05) is 6.07 Å². The van der Waals surface area contributed by atoms with Gasteiger partial charge < -0.3 is 4.90 Å². The lowest BCUT2D eigenvalue weighted by atomic mass is 9.83. The van der Waals surface area contributed by atoms with Crippen LogP contribution in [0.25, 0.3) is 0 Å². The molecule has 0 spiro atoms. The maximum Gasteiger partial charge on any atom is 0.144 e. The predicted molar refractivity (Wildman–Crippen MR) is 71.2 cm³/mol. The van der Waals surface area contributed by atoms with Gasteiger partial charge in [0.25, 0.3) is 0 Å². The van der Waals surface area contributed by atoms with Crippen molar-refractivity contribution in [2.45, 2.75) is 6.54 Å². The summed E-state index contributed by atoms with van der Waals surface area (Å²) in [7, 11) is 2.12. The second-order valence-corrected chi connectivity index (χ2v) is 5.70. The number of piperidine rings is 2. The summed E-state index contributed by atoms with van der Waals surface area (Å²) in [6, 6.07) is 10.5. The van der Waals surface area contributed by atoms with Crippen molar-refractivity contribution in [2.75, 3.05) is 33.2 Å². The Morgan fingerprint density at radius 1 is 1.06 bits per heavy atom. The molecule has 0 aliphatic carbocycles. The average molecular weight is 244 g/mol. The van der Waals surface area contributed by atoms with Crippen LogP contribution in [0.5, 0.6) is 0 Å². The Kier molecular flexibility index (Phi) is 3.18. The molecule has 2 aliphatic heterocycles. The van der Waals surface area contributed by atoms with Gasteiger partial charge in [-0.1, -0.05) is 30.3 Å². The minimum absolute atomic E-state index is 0.228. The Balaban J connectivity index is 1.68. The molecule has 0 aromatic heterocycles. The van der Waals surface area contributed by atoms with Crippen molar-refractivity contribution in [1.82, 2.24) is 9.80 Å². The maximum absolute atomic E-state index is 12.1. The van der Waals surface area contributed by atoms with Crippen LogP contribution in [0.2, 0.25) is 0 Å². The van der Waals surface area contributed by atoms with Crippen molar-refractivity contribution in [2.24, 2.45) is 11.8 Å².